The molecule has 204 valence electrons. The maximum absolute atomic E-state index is 13.5. The van der Waals surface area contributed by atoms with Gasteiger partial charge in [-0.3, -0.25) is 9.36 Å². The quantitative estimate of drug-likeness (QED) is 0.300. The SMILES string of the molecule is Cc1cccc(Cn2c(Oc3cccc(OC(F)(F)F)c3)nc3c2C(=O)N(CCOCCO)[S+]([O-])N3C)c1. The van der Waals surface area contributed by atoms with Gasteiger partial charge in [0.2, 0.25) is 17.4 Å². The molecule has 1 atom stereocenters. The lowest BCUT2D eigenvalue weighted by Gasteiger charge is -2.32. The summed E-state index contributed by atoms with van der Waals surface area (Å²) in [5.41, 5.74) is 1.88. The average Bonchev–Trinajstić information content (AvgIpc) is 3.19. The number of hydrogen-bond acceptors (Lipinski definition) is 8. The Bertz CT molecular complexity index is 1290. The normalized spacial score (nSPS) is 15.6. The molecule has 2 aromatic carbocycles. The third kappa shape index (κ3) is 6.32. The molecule has 1 N–H and O–H groups in total. The number of ether oxygens (including phenoxy) is 3. The lowest BCUT2D eigenvalue weighted by molar-refractivity contribution is -0.274. The Morgan fingerprint density at radius 3 is 2.55 bits per heavy atom. The minimum atomic E-state index is -4.88. The van der Waals surface area contributed by atoms with Crippen LogP contribution in [-0.4, -0.2) is 69.2 Å². The van der Waals surface area contributed by atoms with Gasteiger partial charge in [-0.05, 0) is 24.6 Å². The summed E-state index contributed by atoms with van der Waals surface area (Å²) in [6.07, 6.45) is -4.88. The molecule has 1 aliphatic rings. The number of imidazole rings is 1. The number of amides is 1. The van der Waals surface area contributed by atoms with Crippen LogP contribution in [0.2, 0.25) is 0 Å². The van der Waals surface area contributed by atoms with Crippen molar-refractivity contribution in [1.82, 2.24) is 13.9 Å². The summed E-state index contributed by atoms with van der Waals surface area (Å²) >= 11 is -1.93. The Labute approximate surface area is 219 Å². The lowest BCUT2D eigenvalue weighted by Crippen LogP contribution is -2.51. The van der Waals surface area contributed by atoms with E-state index in [2.05, 4.69) is 9.72 Å². The Kier molecular flexibility index (Phi) is 8.35. The number of aromatic nitrogens is 2. The van der Waals surface area contributed by atoms with Crippen molar-refractivity contribution in [3.63, 3.8) is 0 Å². The van der Waals surface area contributed by atoms with Crippen molar-refractivity contribution in [3.8, 4) is 17.5 Å². The lowest BCUT2D eigenvalue weighted by atomic mass is 10.1. The summed E-state index contributed by atoms with van der Waals surface area (Å²) in [5.74, 6) is -0.996. The molecule has 1 aromatic heterocycles. The number of aliphatic hydroxyl groups is 1. The molecule has 0 saturated heterocycles. The topological polar surface area (TPSA) is 112 Å². The minimum Gasteiger partial charge on any atom is -0.568 e. The van der Waals surface area contributed by atoms with Crippen LogP contribution in [0.1, 0.15) is 21.6 Å². The molecule has 0 saturated carbocycles. The van der Waals surface area contributed by atoms with E-state index in [1.165, 1.54) is 28.1 Å². The second-order valence-corrected chi connectivity index (χ2v) is 9.69. The fourth-order valence-electron chi connectivity index (χ4n) is 3.81. The molecule has 3 aromatic rings. The van der Waals surface area contributed by atoms with Gasteiger partial charge in [0.15, 0.2) is 5.69 Å². The monoisotopic (exact) mass is 554 g/mol. The van der Waals surface area contributed by atoms with E-state index in [0.717, 1.165) is 27.6 Å². The first-order chi connectivity index (χ1) is 18.1. The largest absolute Gasteiger partial charge is 0.573 e. The zero-order chi connectivity index (χ0) is 27.4. The van der Waals surface area contributed by atoms with Crippen LogP contribution in [0.4, 0.5) is 19.0 Å². The van der Waals surface area contributed by atoms with Crippen molar-refractivity contribution in [2.45, 2.75) is 19.8 Å². The molecule has 0 radical (unpaired) electrons. The van der Waals surface area contributed by atoms with Crippen molar-refractivity contribution in [1.29, 1.82) is 0 Å². The number of nitrogens with zero attached hydrogens (tertiary/aromatic N) is 4. The number of hydrogen-bond donors (Lipinski definition) is 1. The van der Waals surface area contributed by atoms with Crippen LogP contribution in [0, 0.1) is 6.92 Å². The van der Waals surface area contributed by atoms with E-state index < -0.39 is 29.6 Å². The summed E-state index contributed by atoms with van der Waals surface area (Å²) in [6.45, 7) is 1.95. The summed E-state index contributed by atoms with van der Waals surface area (Å²) in [7, 11) is 1.49. The van der Waals surface area contributed by atoms with E-state index in [0.29, 0.717) is 0 Å². The van der Waals surface area contributed by atoms with Crippen LogP contribution >= 0.6 is 0 Å². The van der Waals surface area contributed by atoms with Crippen molar-refractivity contribution in [2.75, 3.05) is 37.7 Å². The smallest absolute Gasteiger partial charge is 0.568 e. The number of anilines is 1. The van der Waals surface area contributed by atoms with Crippen molar-refractivity contribution in [2.24, 2.45) is 0 Å². The molecule has 0 fully saturated rings. The second kappa shape index (κ2) is 11.5. The summed E-state index contributed by atoms with van der Waals surface area (Å²) in [6, 6.07) is 12.3. The number of aliphatic hydroxyl groups excluding tert-OH is 1. The molecule has 2 heterocycles. The summed E-state index contributed by atoms with van der Waals surface area (Å²) in [4.78, 5) is 17.9. The van der Waals surface area contributed by atoms with Crippen LogP contribution in [0.25, 0.3) is 0 Å². The zero-order valence-corrected chi connectivity index (χ0v) is 21.3. The Balaban J connectivity index is 1.73. The molecule has 1 amide bonds. The number of aryl methyl sites for hydroxylation is 1. The predicted molar refractivity (Wildman–Crippen MR) is 131 cm³/mol. The van der Waals surface area contributed by atoms with Gasteiger partial charge in [-0.25, -0.2) is 0 Å². The average molecular weight is 555 g/mol. The number of benzene rings is 2. The van der Waals surface area contributed by atoms with Crippen LogP contribution in [0.15, 0.2) is 48.5 Å². The van der Waals surface area contributed by atoms with E-state index in [4.69, 9.17) is 14.6 Å². The highest BCUT2D eigenvalue weighted by Crippen LogP contribution is 2.37. The van der Waals surface area contributed by atoms with Gasteiger partial charge in [0.05, 0.1) is 40.0 Å². The van der Waals surface area contributed by atoms with Gasteiger partial charge in [0.1, 0.15) is 11.5 Å². The summed E-state index contributed by atoms with van der Waals surface area (Å²) < 4.78 is 70.1. The molecule has 1 unspecified atom stereocenters. The molecule has 14 heteroatoms. The van der Waals surface area contributed by atoms with Gasteiger partial charge in [0, 0.05) is 6.07 Å². The van der Waals surface area contributed by atoms with Crippen molar-refractivity contribution >= 4 is 23.3 Å². The standard InChI is InChI=1S/C24H25F3N4O6S/c1-16-5-3-6-17(13-16)15-30-20-21(29(2)38(34)31(22(20)33)9-11-35-12-10-32)28-23(30)36-18-7-4-8-19(14-18)37-24(25,26)27/h3-8,13-14,32H,9-12,15H2,1-2H3. The Morgan fingerprint density at radius 1 is 1.11 bits per heavy atom. The van der Waals surface area contributed by atoms with E-state index in [-0.39, 0.29) is 56.2 Å². The molecule has 38 heavy (non-hydrogen) atoms. The fraction of sp³-hybridized carbons (Fsp3) is 0.333. The number of fused-ring (bicyclic) bond motifs is 1. The third-order valence-electron chi connectivity index (χ3n) is 5.41. The molecular formula is C24H25F3N4O6S. The van der Waals surface area contributed by atoms with Crippen LogP contribution in [0.3, 0.4) is 0 Å². The van der Waals surface area contributed by atoms with E-state index in [1.54, 1.807) is 0 Å². The maximum atomic E-state index is 13.5. The molecule has 0 aliphatic carbocycles. The first-order valence-electron chi connectivity index (χ1n) is 11.4. The van der Waals surface area contributed by atoms with Crippen LogP contribution in [-0.2, 0) is 22.8 Å². The van der Waals surface area contributed by atoms with Gasteiger partial charge in [0.25, 0.3) is 0 Å². The number of rotatable bonds is 10. The van der Waals surface area contributed by atoms with Crippen molar-refractivity contribution < 1.29 is 41.8 Å². The second-order valence-electron chi connectivity index (χ2n) is 8.24. The number of alkyl halides is 3. The maximum Gasteiger partial charge on any atom is 0.573 e. The third-order valence-corrected chi connectivity index (χ3v) is 6.78. The van der Waals surface area contributed by atoms with Gasteiger partial charge in [-0.1, -0.05) is 35.9 Å². The molecule has 0 bridgehead atoms. The Hall–Kier alpha value is -3.46. The predicted octanol–water partition coefficient (Wildman–Crippen LogP) is 3.41. The number of carbonyl (C=O) groups excluding carboxylic acids is 1. The molecular weight excluding hydrogens is 529 g/mol. The van der Waals surface area contributed by atoms with Gasteiger partial charge >= 0.3 is 18.3 Å². The Morgan fingerprint density at radius 2 is 1.84 bits per heavy atom. The van der Waals surface area contributed by atoms with Crippen molar-refractivity contribution in [3.05, 3.63) is 65.4 Å². The minimum absolute atomic E-state index is 0.00919. The highest BCUT2D eigenvalue weighted by Gasteiger charge is 2.45. The van der Waals surface area contributed by atoms with Crippen LogP contribution < -0.4 is 13.8 Å². The first kappa shape index (κ1) is 27.6. The number of carbonyl (C=O) groups is 1. The molecule has 4 rings (SSSR count). The zero-order valence-electron chi connectivity index (χ0n) is 20.5. The van der Waals surface area contributed by atoms with E-state index >= 15 is 0 Å². The highest BCUT2D eigenvalue weighted by atomic mass is 32.2. The molecule has 1 aliphatic heterocycles. The molecule has 0 spiro atoms. The fourth-order valence-corrected chi connectivity index (χ4v) is 4.84. The first-order valence-corrected chi connectivity index (χ1v) is 12.5. The van der Waals surface area contributed by atoms with Gasteiger partial charge < -0.3 is 23.9 Å². The highest BCUT2D eigenvalue weighted by molar-refractivity contribution is 7.91. The van der Waals surface area contributed by atoms with E-state index in [9.17, 15) is 22.5 Å². The number of halogens is 3. The molecule has 10 nitrogen and oxygen atoms in total. The van der Waals surface area contributed by atoms with Crippen LogP contribution in [0.5, 0.6) is 17.5 Å². The van der Waals surface area contributed by atoms with Gasteiger partial charge in [-0.2, -0.15) is 9.29 Å². The van der Waals surface area contributed by atoms with E-state index in [1.807, 2.05) is 31.2 Å². The van der Waals surface area contributed by atoms with Gasteiger partial charge in [-0.15, -0.1) is 17.5 Å². The summed E-state index contributed by atoms with van der Waals surface area (Å²) in [5, 5.41) is 8.91.